The number of hydrogen-bond donors (Lipinski definition) is 0. The number of rotatable bonds is 16. The predicted octanol–water partition coefficient (Wildman–Crippen LogP) is 7.18. The molecule has 0 unspecified atom stereocenters. The maximum absolute atomic E-state index is 13.0. The van der Waals surface area contributed by atoms with Crippen LogP contribution < -0.4 is 0 Å². The summed E-state index contributed by atoms with van der Waals surface area (Å²) in [6.45, 7) is 8.69. The van der Waals surface area contributed by atoms with Crippen molar-refractivity contribution < 1.29 is 15.7 Å². The Hall–Kier alpha value is -0.243. The molecule has 0 heterocycles. The topological polar surface area (TPSA) is 52.6 Å². The third-order valence-electron chi connectivity index (χ3n) is 5.08. The van der Waals surface area contributed by atoms with Gasteiger partial charge in [-0.25, -0.2) is 0 Å². The average molecular weight is 630 g/mol. The third kappa shape index (κ3) is 10.9. The van der Waals surface area contributed by atoms with Gasteiger partial charge in [-0.05, 0) is 0 Å². The van der Waals surface area contributed by atoms with Crippen molar-refractivity contribution in [2.75, 3.05) is 0 Å². The molecule has 0 N–H and O–H groups in total. The van der Waals surface area contributed by atoms with Gasteiger partial charge < -0.3 is 0 Å². The molecule has 0 spiro atoms. The van der Waals surface area contributed by atoms with Gasteiger partial charge in [0, 0.05) is 0 Å². The molecule has 0 saturated heterocycles. The first kappa shape index (κ1) is 27.8. The molecule has 2 radical (unpaired) electrons. The second-order valence-corrected chi connectivity index (χ2v) is 20.8. The van der Waals surface area contributed by atoms with E-state index >= 15 is 0 Å². The molecular weight excluding hydrogens is 590 g/mol. The zero-order valence-electron chi connectivity index (χ0n) is 19.4. The SMILES string of the molecule is CCC[CH2][Sn]([CH2]CCC)[O]C(=O)c1ccccc1C(=O)[O][Sn]([CH2]CCC)[CH2]CCC. The molecule has 0 aliphatic heterocycles. The van der Waals surface area contributed by atoms with Crippen LogP contribution in [0, 0.1) is 0 Å². The zero-order valence-corrected chi connectivity index (χ0v) is 25.1. The van der Waals surface area contributed by atoms with Gasteiger partial charge in [0.15, 0.2) is 0 Å². The molecule has 168 valence electrons. The Morgan fingerprint density at radius 1 is 0.633 bits per heavy atom. The molecule has 0 aliphatic carbocycles. The van der Waals surface area contributed by atoms with Crippen LogP contribution in [0.25, 0.3) is 0 Å². The Bertz CT molecular complexity index is 552. The summed E-state index contributed by atoms with van der Waals surface area (Å²) in [4.78, 5) is 25.9. The van der Waals surface area contributed by atoms with Crippen molar-refractivity contribution in [2.45, 2.75) is 96.8 Å². The number of carbonyl (C=O) groups is 2. The van der Waals surface area contributed by atoms with E-state index < -0.39 is 40.3 Å². The van der Waals surface area contributed by atoms with E-state index in [4.69, 9.17) is 6.15 Å². The van der Waals surface area contributed by atoms with Crippen LogP contribution in [0.1, 0.15) is 99.8 Å². The van der Waals surface area contributed by atoms with E-state index in [0.717, 1.165) is 69.1 Å². The molecule has 30 heavy (non-hydrogen) atoms. The summed E-state index contributed by atoms with van der Waals surface area (Å²) >= 11 is -4.46. The Labute approximate surface area is 199 Å². The first-order valence-electron chi connectivity index (χ1n) is 11.8. The van der Waals surface area contributed by atoms with Gasteiger partial charge in [-0.3, -0.25) is 0 Å². The van der Waals surface area contributed by atoms with Crippen LogP contribution in [0.3, 0.4) is 0 Å². The summed E-state index contributed by atoms with van der Waals surface area (Å²) in [7, 11) is 0. The normalized spacial score (nSPS) is 11.1. The molecule has 1 aromatic carbocycles. The molecular formula is C24H40O4Sn2. The molecule has 0 amide bonds. The molecule has 0 atom stereocenters. The molecule has 0 aromatic heterocycles. The minimum absolute atomic E-state index is 0.309. The summed E-state index contributed by atoms with van der Waals surface area (Å²) in [6, 6.07) is 7.06. The Kier molecular flexibility index (Phi) is 16.1. The van der Waals surface area contributed by atoms with Crippen molar-refractivity contribution in [3.05, 3.63) is 35.4 Å². The molecule has 6 heteroatoms. The van der Waals surface area contributed by atoms with Crippen molar-refractivity contribution >= 4 is 52.3 Å². The van der Waals surface area contributed by atoms with Crippen LogP contribution in [0.5, 0.6) is 0 Å². The predicted molar refractivity (Wildman–Crippen MR) is 128 cm³/mol. The van der Waals surface area contributed by atoms with E-state index in [1.807, 2.05) is 12.1 Å². The maximum atomic E-state index is 13.0. The van der Waals surface area contributed by atoms with Gasteiger partial charge in [-0.2, -0.15) is 0 Å². The van der Waals surface area contributed by atoms with Gasteiger partial charge in [0.25, 0.3) is 0 Å². The van der Waals surface area contributed by atoms with E-state index in [0.29, 0.717) is 11.1 Å². The van der Waals surface area contributed by atoms with Gasteiger partial charge >= 0.3 is 200 Å². The van der Waals surface area contributed by atoms with Crippen LogP contribution in [-0.4, -0.2) is 52.3 Å². The number of hydrogen-bond acceptors (Lipinski definition) is 4. The van der Waals surface area contributed by atoms with E-state index in [1.54, 1.807) is 12.1 Å². The Morgan fingerprint density at radius 2 is 0.933 bits per heavy atom. The summed E-state index contributed by atoms with van der Waals surface area (Å²) in [5, 5.41) is 0. The van der Waals surface area contributed by atoms with Gasteiger partial charge in [0.2, 0.25) is 0 Å². The standard InChI is InChI=1S/C8H6O4.4C4H9.2Sn/c9-7(10)5-3-1-2-4-6(5)8(11)12;4*1-3-4-2;;/h1-4H,(H,9,10)(H,11,12);4*1,3-4H2,2H3;;/q;;;;;2*+1/p-2. The second kappa shape index (κ2) is 17.3. The molecule has 0 bridgehead atoms. The van der Waals surface area contributed by atoms with Crippen LogP contribution >= 0.6 is 0 Å². The fourth-order valence-corrected chi connectivity index (χ4v) is 16.4. The van der Waals surface area contributed by atoms with Gasteiger partial charge in [-0.1, -0.05) is 0 Å². The summed E-state index contributed by atoms with van der Waals surface area (Å²) in [5.74, 6) is -0.618. The van der Waals surface area contributed by atoms with E-state index in [2.05, 4.69) is 27.7 Å². The Balaban J connectivity index is 2.89. The molecule has 1 aromatic rings. The molecule has 1 rings (SSSR count). The molecule has 0 saturated carbocycles. The van der Waals surface area contributed by atoms with Gasteiger partial charge in [-0.15, -0.1) is 0 Å². The average Bonchev–Trinajstić information content (AvgIpc) is 2.77. The van der Waals surface area contributed by atoms with Gasteiger partial charge in [0.1, 0.15) is 0 Å². The van der Waals surface area contributed by atoms with E-state index in [9.17, 15) is 9.59 Å². The number of carbonyl (C=O) groups excluding carboxylic acids is 2. The summed E-state index contributed by atoms with van der Waals surface area (Å²) in [6.07, 6.45) is 9.00. The minimum atomic E-state index is -2.23. The van der Waals surface area contributed by atoms with Crippen molar-refractivity contribution in [3.63, 3.8) is 0 Å². The number of benzene rings is 1. The quantitative estimate of drug-likeness (QED) is 0.182. The molecule has 0 aliphatic rings. The van der Waals surface area contributed by atoms with E-state index in [1.165, 1.54) is 0 Å². The van der Waals surface area contributed by atoms with Crippen LogP contribution in [0.2, 0.25) is 17.7 Å². The van der Waals surface area contributed by atoms with Crippen LogP contribution in [0.4, 0.5) is 0 Å². The molecule has 4 nitrogen and oxygen atoms in total. The summed E-state index contributed by atoms with van der Waals surface area (Å²) < 4.78 is 16.4. The first-order valence-corrected chi connectivity index (χ1v) is 22.2. The fraction of sp³-hybridized carbons (Fsp3) is 0.667. The van der Waals surface area contributed by atoms with Crippen molar-refractivity contribution in [3.8, 4) is 0 Å². The molecule has 0 fully saturated rings. The van der Waals surface area contributed by atoms with Crippen LogP contribution in [0.15, 0.2) is 24.3 Å². The second-order valence-electron chi connectivity index (χ2n) is 7.82. The van der Waals surface area contributed by atoms with E-state index in [-0.39, 0.29) is 11.9 Å². The van der Waals surface area contributed by atoms with Crippen molar-refractivity contribution in [1.82, 2.24) is 0 Å². The van der Waals surface area contributed by atoms with Crippen molar-refractivity contribution in [1.29, 1.82) is 0 Å². The Morgan fingerprint density at radius 3 is 1.20 bits per heavy atom. The monoisotopic (exact) mass is 632 g/mol. The third-order valence-corrected chi connectivity index (χ3v) is 18.2. The fourth-order valence-electron chi connectivity index (χ4n) is 3.16. The zero-order chi connectivity index (χ0) is 22.2. The first-order chi connectivity index (χ1) is 14.6. The van der Waals surface area contributed by atoms with Gasteiger partial charge in [0.05, 0.1) is 0 Å². The van der Waals surface area contributed by atoms with Crippen LogP contribution in [-0.2, 0) is 6.15 Å². The van der Waals surface area contributed by atoms with Crippen molar-refractivity contribution in [2.24, 2.45) is 0 Å². The summed E-state index contributed by atoms with van der Waals surface area (Å²) in [5.41, 5.74) is 0.782. The number of unbranched alkanes of at least 4 members (excludes halogenated alkanes) is 4.